The Morgan fingerprint density at radius 2 is 1.66 bits per heavy atom. The molecular weight excluding hydrogens is 446 g/mol. The summed E-state index contributed by atoms with van der Waals surface area (Å²) in [4.78, 5) is 12.6. The Kier molecular flexibility index (Phi) is 6.70. The Bertz CT molecular complexity index is 1270. The first-order chi connectivity index (χ1) is 16.7. The molecule has 0 radical (unpaired) electrons. The predicted molar refractivity (Wildman–Crippen MR) is 135 cm³/mol. The highest BCUT2D eigenvalue weighted by Crippen LogP contribution is 2.52. The van der Waals surface area contributed by atoms with Crippen molar-refractivity contribution in [2.75, 3.05) is 20.8 Å². The number of benzene rings is 2. The Morgan fingerprint density at radius 3 is 2.23 bits per heavy atom. The number of rotatable bonds is 6. The fourth-order valence-corrected chi connectivity index (χ4v) is 5.14. The van der Waals surface area contributed by atoms with E-state index in [1.165, 1.54) is 0 Å². The van der Waals surface area contributed by atoms with Crippen LogP contribution < -0.4 is 14.2 Å². The normalized spacial score (nSPS) is 14.2. The molecule has 0 saturated heterocycles. The monoisotopic (exact) mass is 479 g/mol. The smallest absolute Gasteiger partial charge is 0.507 e. The lowest BCUT2D eigenvalue weighted by molar-refractivity contribution is 0.104. The van der Waals surface area contributed by atoms with Crippen molar-refractivity contribution in [2.45, 2.75) is 53.5 Å². The lowest BCUT2D eigenvalue weighted by atomic mass is 9.91. The lowest BCUT2D eigenvalue weighted by Gasteiger charge is -2.30. The summed E-state index contributed by atoms with van der Waals surface area (Å²) in [5.74, 6) is 1.97. The van der Waals surface area contributed by atoms with Crippen LogP contribution in [0.4, 0.5) is 4.79 Å². The molecule has 0 amide bonds. The average molecular weight is 480 g/mol. The van der Waals surface area contributed by atoms with Crippen LogP contribution >= 0.6 is 0 Å². The van der Waals surface area contributed by atoms with E-state index in [1.807, 2.05) is 45.0 Å². The molecule has 2 aromatic carbocycles. The first-order valence-corrected chi connectivity index (χ1v) is 11.9. The number of phenols is 1. The number of nitrogens with zero attached hydrogens (tertiary/aromatic N) is 1. The third-order valence-electron chi connectivity index (χ3n) is 6.79. The summed E-state index contributed by atoms with van der Waals surface area (Å²) >= 11 is 0. The van der Waals surface area contributed by atoms with Gasteiger partial charge in [0.2, 0.25) is 0 Å². The van der Waals surface area contributed by atoms with Crippen molar-refractivity contribution in [3.8, 4) is 45.4 Å². The molecule has 4 rings (SSSR count). The minimum Gasteiger partial charge on any atom is -0.507 e. The number of fused-ring (bicyclic) bond motifs is 3. The van der Waals surface area contributed by atoms with Gasteiger partial charge in [-0.2, -0.15) is 0 Å². The van der Waals surface area contributed by atoms with Crippen molar-refractivity contribution in [3.63, 3.8) is 0 Å². The van der Waals surface area contributed by atoms with E-state index in [-0.39, 0.29) is 18.4 Å². The number of hydrogen-bond acceptors (Lipinski definition) is 6. The molecule has 1 aliphatic heterocycles. The van der Waals surface area contributed by atoms with Gasteiger partial charge in [0.1, 0.15) is 5.75 Å². The zero-order valence-electron chi connectivity index (χ0n) is 21.4. The molecule has 1 aliphatic rings. The first kappa shape index (κ1) is 24.5. The number of aryl methyl sites for hydroxylation is 2. The van der Waals surface area contributed by atoms with Gasteiger partial charge in [-0.25, -0.2) is 4.79 Å². The summed E-state index contributed by atoms with van der Waals surface area (Å²) in [6.07, 6.45) is 0.943. The van der Waals surface area contributed by atoms with Crippen LogP contribution in [0, 0.1) is 20.8 Å². The minimum absolute atomic E-state index is 0.160. The quantitative estimate of drug-likeness (QED) is 0.406. The van der Waals surface area contributed by atoms with Gasteiger partial charge in [-0.3, -0.25) is 0 Å². The maximum atomic E-state index is 12.6. The molecule has 0 aliphatic carbocycles. The zero-order valence-corrected chi connectivity index (χ0v) is 21.4. The van der Waals surface area contributed by atoms with Crippen molar-refractivity contribution in [2.24, 2.45) is 0 Å². The van der Waals surface area contributed by atoms with Crippen molar-refractivity contribution in [3.05, 3.63) is 46.6 Å². The number of hydrogen-bond donors (Lipinski definition) is 1. The van der Waals surface area contributed by atoms with Gasteiger partial charge >= 0.3 is 6.16 Å². The van der Waals surface area contributed by atoms with E-state index < -0.39 is 6.16 Å². The van der Waals surface area contributed by atoms with Gasteiger partial charge in [-0.15, -0.1) is 0 Å². The highest BCUT2D eigenvalue weighted by Gasteiger charge is 2.35. The van der Waals surface area contributed by atoms with Crippen molar-refractivity contribution < 1.29 is 28.8 Å². The predicted octanol–water partition coefficient (Wildman–Crippen LogP) is 6.51. The van der Waals surface area contributed by atoms with Gasteiger partial charge in [0, 0.05) is 22.9 Å². The number of aromatic nitrogens is 1. The molecule has 7 nitrogen and oxygen atoms in total. The van der Waals surface area contributed by atoms with Gasteiger partial charge in [-0.1, -0.05) is 6.92 Å². The fourth-order valence-electron chi connectivity index (χ4n) is 5.14. The van der Waals surface area contributed by atoms with Crippen LogP contribution in [0.2, 0.25) is 0 Å². The van der Waals surface area contributed by atoms with Gasteiger partial charge in [0.25, 0.3) is 0 Å². The Morgan fingerprint density at radius 1 is 1.03 bits per heavy atom. The summed E-state index contributed by atoms with van der Waals surface area (Å²) in [6, 6.07) is 7.95. The molecule has 186 valence electrons. The molecule has 1 atom stereocenters. The number of carbonyl (C=O) groups excluding carboxylic acids is 1. The van der Waals surface area contributed by atoms with Gasteiger partial charge in [-0.05, 0) is 87.1 Å². The van der Waals surface area contributed by atoms with Crippen molar-refractivity contribution >= 4 is 6.16 Å². The van der Waals surface area contributed by atoms with Crippen LogP contribution in [-0.2, 0) is 11.2 Å². The standard InChI is InChI=1S/C28H33NO6/c1-8-20-12-18-13-22(32-6)23(33-7)14-21(18)25-27(35-28(31)34-9-2)24(17(5)29(20)25)19-10-15(3)26(30)16(4)11-19/h10-11,13-14,20,30H,8-9,12H2,1-7H3. The number of ether oxygens (including phenoxy) is 4. The van der Waals surface area contributed by atoms with E-state index >= 15 is 0 Å². The van der Waals surface area contributed by atoms with Gasteiger partial charge in [0.15, 0.2) is 17.2 Å². The van der Waals surface area contributed by atoms with E-state index in [4.69, 9.17) is 18.9 Å². The highest BCUT2D eigenvalue weighted by molar-refractivity contribution is 5.89. The molecule has 1 N–H and O–H groups in total. The summed E-state index contributed by atoms with van der Waals surface area (Å²) in [7, 11) is 3.23. The molecule has 1 aromatic heterocycles. The largest absolute Gasteiger partial charge is 0.513 e. The number of methoxy groups -OCH3 is 2. The third-order valence-corrected chi connectivity index (χ3v) is 6.79. The van der Waals surface area contributed by atoms with E-state index in [9.17, 15) is 9.90 Å². The molecule has 0 bridgehead atoms. The topological polar surface area (TPSA) is 79.2 Å². The minimum atomic E-state index is -0.755. The maximum Gasteiger partial charge on any atom is 0.513 e. The second kappa shape index (κ2) is 9.56. The Hall–Kier alpha value is -3.61. The average Bonchev–Trinajstić information content (AvgIpc) is 3.12. The number of aromatic hydroxyl groups is 1. The second-order valence-corrected chi connectivity index (χ2v) is 8.88. The van der Waals surface area contributed by atoms with Crippen molar-refractivity contribution in [1.82, 2.24) is 4.57 Å². The van der Waals surface area contributed by atoms with Crippen LogP contribution in [0.25, 0.3) is 22.4 Å². The summed E-state index contributed by atoms with van der Waals surface area (Å²) in [5, 5.41) is 10.4. The lowest BCUT2D eigenvalue weighted by Crippen LogP contribution is -2.20. The van der Waals surface area contributed by atoms with E-state index in [2.05, 4.69) is 11.5 Å². The molecule has 2 heterocycles. The summed E-state index contributed by atoms with van der Waals surface area (Å²) < 4.78 is 24.5. The van der Waals surface area contributed by atoms with E-state index in [0.29, 0.717) is 17.2 Å². The zero-order chi connectivity index (χ0) is 25.4. The van der Waals surface area contributed by atoms with E-state index in [1.54, 1.807) is 21.1 Å². The number of carbonyl (C=O) groups is 1. The summed E-state index contributed by atoms with van der Waals surface area (Å²) in [6.45, 7) is 9.88. The van der Waals surface area contributed by atoms with Crippen LogP contribution in [0.1, 0.15) is 48.7 Å². The van der Waals surface area contributed by atoms with Gasteiger partial charge < -0.3 is 28.6 Å². The van der Waals surface area contributed by atoms with Crippen LogP contribution in [-0.4, -0.2) is 36.7 Å². The highest BCUT2D eigenvalue weighted by atomic mass is 16.7. The molecule has 1 unspecified atom stereocenters. The van der Waals surface area contributed by atoms with E-state index in [0.717, 1.165) is 57.6 Å². The van der Waals surface area contributed by atoms with Crippen LogP contribution in [0.5, 0.6) is 23.0 Å². The molecule has 35 heavy (non-hydrogen) atoms. The van der Waals surface area contributed by atoms with Gasteiger partial charge in [0.05, 0.1) is 26.5 Å². The number of phenolic OH excluding ortho intramolecular Hbond substituents is 1. The molecule has 3 aromatic rings. The molecule has 7 heteroatoms. The summed E-state index contributed by atoms with van der Waals surface area (Å²) in [5.41, 5.74) is 6.99. The molecule has 0 spiro atoms. The van der Waals surface area contributed by atoms with Crippen molar-refractivity contribution in [1.29, 1.82) is 0 Å². The fraction of sp³-hybridized carbons (Fsp3) is 0.393. The third kappa shape index (κ3) is 4.09. The first-order valence-electron chi connectivity index (χ1n) is 11.9. The van der Waals surface area contributed by atoms with Crippen LogP contribution in [0.15, 0.2) is 24.3 Å². The SMILES string of the molecule is CCOC(=O)Oc1c(-c2cc(C)c(O)c(C)c2)c(C)n2c1-c1cc(OC)c(OC)cc1CC2CC. The molecule has 0 saturated carbocycles. The molecular formula is C28H33NO6. The Balaban J connectivity index is 2.08. The molecule has 0 fully saturated rings. The maximum absolute atomic E-state index is 12.6. The Labute approximate surface area is 206 Å². The van der Waals surface area contributed by atoms with Crippen LogP contribution in [0.3, 0.4) is 0 Å². The second-order valence-electron chi connectivity index (χ2n) is 8.88.